The van der Waals surface area contributed by atoms with Crippen molar-refractivity contribution in [2.24, 2.45) is 5.73 Å². The third-order valence-corrected chi connectivity index (χ3v) is 4.06. The van der Waals surface area contributed by atoms with Gasteiger partial charge in [0.05, 0.1) is 6.54 Å². The van der Waals surface area contributed by atoms with E-state index in [1.807, 2.05) is 6.07 Å². The predicted molar refractivity (Wildman–Crippen MR) is 73.2 cm³/mol. The lowest BCUT2D eigenvalue weighted by Gasteiger charge is -2.38. The SMILES string of the molecule is NCC(=O)NCC1(c2cccc(F)c2)CCCCC1. The highest BCUT2D eigenvalue weighted by molar-refractivity contribution is 5.77. The molecule has 0 heterocycles. The monoisotopic (exact) mass is 264 g/mol. The van der Waals surface area contributed by atoms with Gasteiger partial charge in [-0.15, -0.1) is 0 Å². The summed E-state index contributed by atoms with van der Waals surface area (Å²) in [6.07, 6.45) is 5.43. The number of carbonyl (C=O) groups is 1. The molecule has 1 fully saturated rings. The summed E-state index contributed by atoms with van der Waals surface area (Å²) < 4.78 is 13.4. The van der Waals surface area contributed by atoms with Crippen LogP contribution in [-0.2, 0) is 10.2 Å². The Bertz CT molecular complexity index is 442. The van der Waals surface area contributed by atoms with Gasteiger partial charge in [-0.05, 0) is 30.5 Å². The van der Waals surface area contributed by atoms with Crippen LogP contribution in [0, 0.1) is 5.82 Å². The van der Waals surface area contributed by atoms with Gasteiger partial charge < -0.3 is 11.1 Å². The highest BCUT2D eigenvalue weighted by Crippen LogP contribution is 2.39. The zero-order valence-corrected chi connectivity index (χ0v) is 11.1. The van der Waals surface area contributed by atoms with Gasteiger partial charge in [-0.3, -0.25) is 4.79 Å². The van der Waals surface area contributed by atoms with Crippen LogP contribution < -0.4 is 11.1 Å². The zero-order valence-electron chi connectivity index (χ0n) is 11.1. The van der Waals surface area contributed by atoms with E-state index >= 15 is 0 Å². The minimum Gasteiger partial charge on any atom is -0.354 e. The van der Waals surface area contributed by atoms with Gasteiger partial charge in [-0.2, -0.15) is 0 Å². The quantitative estimate of drug-likeness (QED) is 0.875. The van der Waals surface area contributed by atoms with Crippen molar-refractivity contribution in [3.05, 3.63) is 35.6 Å². The van der Waals surface area contributed by atoms with Crippen LogP contribution in [0.25, 0.3) is 0 Å². The third kappa shape index (κ3) is 3.32. The molecular formula is C15H21FN2O. The molecule has 1 saturated carbocycles. The number of rotatable bonds is 4. The molecule has 0 aromatic heterocycles. The molecule has 104 valence electrons. The average molecular weight is 264 g/mol. The van der Waals surface area contributed by atoms with E-state index in [0.717, 1.165) is 31.2 Å². The molecule has 0 spiro atoms. The summed E-state index contributed by atoms with van der Waals surface area (Å²) in [7, 11) is 0. The normalized spacial score (nSPS) is 18.0. The molecule has 1 aromatic carbocycles. The van der Waals surface area contributed by atoms with E-state index in [2.05, 4.69) is 5.32 Å². The van der Waals surface area contributed by atoms with Crippen molar-refractivity contribution in [1.82, 2.24) is 5.32 Å². The van der Waals surface area contributed by atoms with Crippen molar-refractivity contribution in [3.8, 4) is 0 Å². The average Bonchev–Trinajstić information content (AvgIpc) is 2.46. The Morgan fingerprint density at radius 1 is 1.32 bits per heavy atom. The predicted octanol–water partition coefficient (Wildman–Crippen LogP) is 2.10. The van der Waals surface area contributed by atoms with Crippen LogP contribution in [0.5, 0.6) is 0 Å². The van der Waals surface area contributed by atoms with Gasteiger partial charge in [0.25, 0.3) is 0 Å². The van der Waals surface area contributed by atoms with E-state index in [9.17, 15) is 9.18 Å². The molecule has 1 aliphatic carbocycles. The van der Waals surface area contributed by atoms with E-state index in [0.29, 0.717) is 6.54 Å². The second kappa shape index (κ2) is 6.15. The number of benzene rings is 1. The van der Waals surface area contributed by atoms with Crippen molar-refractivity contribution in [2.45, 2.75) is 37.5 Å². The molecule has 1 aromatic rings. The van der Waals surface area contributed by atoms with Crippen LogP contribution in [0.2, 0.25) is 0 Å². The molecule has 4 heteroatoms. The fourth-order valence-corrected chi connectivity index (χ4v) is 2.95. The van der Waals surface area contributed by atoms with Crippen molar-refractivity contribution in [3.63, 3.8) is 0 Å². The lowest BCUT2D eigenvalue weighted by atomic mass is 9.69. The first-order chi connectivity index (χ1) is 9.16. The van der Waals surface area contributed by atoms with Crippen LogP contribution in [0.1, 0.15) is 37.7 Å². The fraction of sp³-hybridized carbons (Fsp3) is 0.533. The smallest absolute Gasteiger partial charge is 0.233 e. The maximum Gasteiger partial charge on any atom is 0.233 e. The van der Waals surface area contributed by atoms with Gasteiger partial charge in [0.2, 0.25) is 5.91 Å². The van der Waals surface area contributed by atoms with E-state index < -0.39 is 0 Å². The van der Waals surface area contributed by atoms with Crippen LogP contribution in [-0.4, -0.2) is 19.0 Å². The maximum absolute atomic E-state index is 13.4. The number of halogens is 1. The van der Waals surface area contributed by atoms with Crippen molar-refractivity contribution < 1.29 is 9.18 Å². The van der Waals surface area contributed by atoms with Gasteiger partial charge in [-0.25, -0.2) is 4.39 Å². The van der Waals surface area contributed by atoms with Crippen LogP contribution >= 0.6 is 0 Å². The van der Waals surface area contributed by atoms with Gasteiger partial charge in [0, 0.05) is 12.0 Å². The summed E-state index contributed by atoms with van der Waals surface area (Å²) in [4.78, 5) is 11.4. The number of hydrogen-bond acceptors (Lipinski definition) is 2. The Morgan fingerprint density at radius 2 is 2.05 bits per heavy atom. The van der Waals surface area contributed by atoms with E-state index in [4.69, 9.17) is 5.73 Å². The molecule has 0 aliphatic heterocycles. The van der Waals surface area contributed by atoms with Crippen molar-refractivity contribution in [1.29, 1.82) is 0 Å². The van der Waals surface area contributed by atoms with Crippen LogP contribution in [0.3, 0.4) is 0 Å². The Labute approximate surface area is 113 Å². The van der Waals surface area contributed by atoms with E-state index in [1.54, 1.807) is 12.1 Å². The highest BCUT2D eigenvalue weighted by atomic mass is 19.1. The molecular weight excluding hydrogens is 243 g/mol. The Morgan fingerprint density at radius 3 is 2.68 bits per heavy atom. The molecule has 2 rings (SSSR count). The summed E-state index contributed by atoms with van der Waals surface area (Å²) in [6.45, 7) is 0.547. The zero-order chi connectivity index (χ0) is 13.7. The first-order valence-corrected chi connectivity index (χ1v) is 6.89. The van der Waals surface area contributed by atoms with E-state index in [1.165, 1.54) is 12.5 Å². The lowest BCUT2D eigenvalue weighted by molar-refractivity contribution is -0.120. The molecule has 19 heavy (non-hydrogen) atoms. The first-order valence-electron chi connectivity index (χ1n) is 6.89. The van der Waals surface area contributed by atoms with Crippen LogP contribution in [0.15, 0.2) is 24.3 Å². The summed E-state index contributed by atoms with van der Waals surface area (Å²) in [5.74, 6) is -0.367. The van der Waals surface area contributed by atoms with Crippen molar-refractivity contribution in [2.75, 3.05) is 13.1 Å². The standard InChI is InChI=1S/C15H21FN2O/c16-13-6-4-5-12(9-13)15(7-2-1-3-8-15)11-18-14(19)10-17/h4-6,9H,1-3,7-8,10-11,17H2,(H,18,19). The van der Waals surface area contributed by atoms with Crippen molar-refractivity contribution >= 4 is 5.91 Å². The second-order valence-corrected chi connectivity index (χ2v) is 5.33. The number of nitrogens with two attached hydrogens (primary N) is 1. The van der Waals surface area contributed by atoms with E-state index in [-0.39, 0.29) is 23.7 Å². The first kappa shape index (κ1) is 14.0. The minimum atomic E-state index is -0.215. The van der Waals surface area contributed by atoms with Gasteiger partial charge in [-0.1, -0.05) is 31.4 Å². The number of amides is 1. The summed E-state index contributed by atoms with van der Waals surface area (Å²) in [5, 5.41) is 2.87. The Kier molecular flexibility index (Phi) is 4.53. The molecule has 3 N–H and O–H groups in total. The number of hydrogen-bond donors (Lipinski definition) is 2. The van der Waals surface area contributed by atoms with Gasteiger partial charge in [0.1, 0.15) is 5.82 Å². The fourth-order valence-electron chi connectivity index (χ4n) is 2.95. The minimum absolute atomic E-state index is 0.000763. The molecule has 0 bridgehead atoms. The van der Waals surface area contributed by atoms with Gasteiger partial charge in [0.15, 0.2) is 0 Å². The molecule has 1 amide bonds. The molecule has 3 nitrogen and oxygen atoms in total. The topological polar surface area (TPSA) is 55.1 Å². The second-order valence-electron chi connectivity index (χ2n) is 5.33. The number of carbonyl (C=O) groups excluding carboxylic acids is 1. The van der Waals surface area contributed by atoms with Crippen LogP contribution in [0.4, 0.5) is 4.39 Å². The third-order valence-electron chi connectivity index (χ3n) is 4.06. The summed E-state index contributed by atoms with van der Waals surface area (Å²) in [5.41, 5.74) is 6.18. The molecule has 0 atom stereocenters. The maximum atomic E-state index is 13.4. The molecule has 0 saturated heterocycles. The lowest BCUT2D eigenvalue weighted by Crippen LogP contribution is -2.44. The Hall–Kier alpha value is -1.42. The summed E-state index contributed by atoms with van der Waals surface area (Å²) in [6, 6.07) is 6.76. The molecule has 1 aliphatic rings. The molecule has 0 unspecified atom stereocenters. The molecule has 0 radical (unpaired) electrons. The number of nitrogens with one attached hydrogen (secondary N) is 1. The Balaban J connectivity index is 2.21. The highest BCUT2D eigenvalue weighted by Gasteiger charge is 2.34. The largest absolute Gasteiger partial charge is 0.354 e. The summed E-state index contributed by atoms with van der Waals surface area (Å²) >= 11 is 0. The van der Waals surface area contributed by atoms with Gasteiger partial charge >= 0.3 is 0 Å².